The van der Waals surface area contributed by atoms with Gasteiger partial charge < -0.3 is 16.5 Å². The van der Waals surface area contributed by atoms with Gasteiger partial charge in [0.05, 0.1) is 27.7 Å². The zero-order valence-electron chi connectivity index (χ0n) is 19.1. The Labute approximate surface area is 201 Å². The van der Waals surface area contributed by atoms with Gasteiger partial charge in [-0.3, -0.25) is 14.2 Å². The molecule has 1 amide bonds. The number of rotatable bonds is 5. The van der Waals surface area contributed by atoms with Gasteiger partial charge in [-0.15, -0.1) is 0 Å². The molecule has 0 atom stereocenters. The van der Waals surface area contributed by atoms with Crippen LogP contribution in [0.4, 0.5) is 0 Å². The van der Waals surface area contributed by atoms with Crippen molar-refractivity contribution in [3.63, 3.8) is 0 Å². The number of aromatic amines is 1. The topological polar surface area (TPSA) is 120 Å². The van der Waals surface area contributed by atoms with Crippen LogP contribution in [0, 0.1) is 6.92 Å². The molecule has 35 heavy (non-hydrogen) atoms. The Hall–Kier alpha value is -4.91. The van der Waals surface area contributed by atoms with E-state index in [-0.39, 0.29) is 5.56 Å². The predicted molar refractivity (Wildman–Crippen MR) is 141 cm³/mol. The molecule has 2 aromatic heterocycles. The van der Waals surface area contributed by atoms with Crippen LogP contribution in [0.15, 0.2) is 78.5 Å². The number of carbonyl (C=O) groups excluding carboxylic acids is 1. The molecule has 2 heterocycles. The maximum atomic E-state index is 13.3. The maximum absolute atomic E-state index is 13.3. The Morgan fingerprint density at radius 2 is 1.89 bits per heavy atom. The fourth-order valence-corrected chi connectivity index (χ4v) is 4.63. The van der Waals surface area contributed by atoms with Gasteiger partial charge >= 0.3 is 0 Å². The Morgan fingerprint density at radius 1 is 1.09 bits per heavy atom. The molecule has 0 aliphatic carbocycles. The summed E-state index contributed by atoms with van der Waals surface area (Å²) in [6, 6.07) is 16.6. The van der Waals surface area contributed by atoms with Crippen molar-refractivity contribution in [1.82, 2.24) is 14.5 Å². The van der Waals surface area contributed by atoms with Crippen molar-refractivity contribution in [3.05, 3.63) is 106 Å². The second-order valence-corrected chi connectivity index (χ2v) is 8.18. The van der Waals surface area contributed by atoms with Crippen molar-refractivity contribution in [2.24, 2.45) is 11.5 Å². The molecule has 3 aromatic carbocycles. The molecule has 0 unspecified atom stereocenters. The fraction of sp³-hybridized carbons (Fsp3) is 0.0357. The van der Waals surface area contributed by atoms with Crippen LogP contribution in [0.25, 0.3) is 50.8 Å². The third-order valence-corrected chi connectivity index (χ3v) is 6.28. The van der Waals surface area contributed by atoms with E-state index in [9.17, 15) is 9.59 Å². The number of nitrogens with two attached hydrogens (primary N) is 2. The highest BCUT2D eigenvalue weighted by Crippen LogP contribution is 2.38. The number of carbonyl (C=O) groups is 1. The van der Waals surface area contributed by atoms with Gasteiger partial charge in [0.15, 0.2) is 0 Å². The molecular formula is C28H23N5O2. The average Bonchev–Trinajstić information content (AvgIpc) is 3.23. The van der Waals surface area contributed by atoms with Crippen molar-refractivity contribution < 1.29 is 4.79 Å². The molecular weight excluding hydrogens is 438 g/mol. The quantitative estimate of drug-likeness (QED) is 0.357. The number of hydrogen-bond acceptors (Lipinski definition) is 4. The first kappa shape index (κ1) is 21.9. The van der Waals surface area contributed by atoms with Crippen LogP contribution in [0.2, 0.25) is 0 Å². The first-order valence-electron chi connectivity index (χ1n) is 11.0. The van der Waals surface area contributed by atoms with Crippen LogP contribution < -0.4 is 17.0 Å². The molecule has 0 fully saturated rings. The maximum Gasteiger partial charge on any atom is 0.265 e. The summed E-state index contributed by atoms with van der Waals surface area (Å²) in [6.45, 7) is 5.84. The molecule has 172 valence electrons. The van der Waals surface area contributed by atoms with E-state index in [1.165, 1.54) is 6.20 Å². The molecule has 5 aromatic rings. The van der Waals surface area contributed by atoms with E-state index in [0.717, 1.165) is 33.3 Å². The van der Waals surface area contributed by atoms with E-state index < -0.39 is 5.91 Å². The van der Waals surface area contributed by atoms with Crippen LogP contribution in [0.5, 0.6) is 0 Å². The summed E-state index contributed by atoms with van der Waals surface area (Å²) in [5.74, 6) is -0.541. The number of fused-ring (bicyclic) bond motifs is 2. The fourth-order valence-electron chi connectivity index (χ4n) is 4.63. The Morgan fingerprint density at radius 3 is 2.63 bits per heavy atom. The van der Waals surface area contributed by atoms with E-state index in [2.05, 4.69) is 16.5 Å². The number of nitrogens with zero attached hydrogens (tertiary/aromatic N) is 2. The van der Waals surface area contributed by atoms with E-state index in [1.54, 1.807) is 35.2 Å². The first-order valence-corrected chi connectivity index (χ1v) is 11.0. The Bertz CT molecular complexity index is 1740. The van der Waals surface area contributed by atoms with Crippen molar-refractivity contribution >= 4 is 39.9 Å². The van der Waals surface area contributed by atoms with Gasteiger partial charge in [-0.05, 0) is 66.2 Å². The van der Waals surface area contributed by atoms with E-state index in [0.29, 0.717) is 27.7 Å². The van der Waals surface area contributed by atoms with E-state index >= 15 is 0 Å². The molecule has 5 N–H and O–H groups in total. The summed E-state index contributed by atoms with van der Waals surface area (Å²) in [5, 5.41) is 1.34. The zero-order valence-corrected chi connectivity index (χ0v) is 19.1. The molecule has 0 saturated carbocycles. The number of nitrogens with one attached hydrogen (secondary N) is 1. The van der Waals surface area contributed by atoms with E-state index in [1.807, 2.05) is 49.4 Å². The van der Waals surface area contributed by atoms with Crippen molar-refractivity contribution in [1.29, 1.82) is 0 Å². The zero-order chi connectivity index (χ0) is 24.7. The molecule has 0 spiro atoms. The largest absolute Gasteiger partial charge is 0.405 e. The van der Waals surface area contributed by atoms with Crippen molar-refractivity contribution in [2.75, 3.05) is 0 Å². The van der Waals surface area contributed by atoms with Crippen LogP contribution in [0.3, 0.4) is 0 Å². The Kier molecular flexibility index (Phi) is 5.30. The number of aromatic nitrogens is 3. The second kappa shape index (κ2) is 8.46. The SMILES string of the molecule is C=Cc1[nH]c2c(C(N)=O)ccc(-c3cccc(-n4cnc5ccccc5c4=O)c3C)c2c1/C=C\N. The van der Waals surface area contributed by atoms with Gasteiger partial charge in [0.25, 0.3) is 11.5 Å². The van der Waals surface area contributed by atoms with Gasteiger partial charge in [-0.2, -0.15) is 0 Å². The van der Waals surface area contributed by atoms with Gasteiger partial charge in [0, 0.05) is 16.6 Å². The number of amides is 1. The third-order valence-electron chi connectivity index (χ3n) is 6.28. The van der Waals surface area contributed by atoms with Crippen LogP contribution in [-0.2, 0) is 0 Å². The lowest BCUT2D eigenvalue weighted by Gasteiger charge is -2.15. The van der Waals surface area contributed by atoms with Crippen molar-refractivity contribution in [2.45, 2.75) is 6.92 Å². The third kappa shape index (κ3) is 3.41. The highest BCUT2D eigenvalue weighted by molar-refractivity contribution is 6.13. The summed E-state index contributed by atoms with van der Waals surface area (Å²) in [4.78, 5) is 33.2. The summed E-state index contributed by atoms with van der Waals surface area (Å²) in [5.41, 5.74) is 17.8. The monoisotopic (exact) mass is 461 g/mol. The molecule has 0 saturated heterocycles. The average molecular weight is 462 g/mol. The minimum atomic E-state index is -0.541. The molecule has 0 aliphatic rings. The highest BCUT2D eigenvalue weighted by atomic mass is 16.1. The molecule has 7 heteroatoms. The summed E-state index contributed by atoms with van der Waals surface area (Å²) in [6.07, 6.45) is 6.44. The standard InChI is InChI=1S/C28H23N5O2/c1-3-22-19(13-14-29)25-18(11-12-21(27(30)34)26(25)32-22)17-8-6-10-24(16(17)2)33-15-31-23-9-5-4-7-20(23)28(33)35/h3-15,32H,1,29H2,2H3,(H2,30,34)/b14-13-. The second-order valence-electron chi connectivity index (χ2n) is 8.18. The van der Waals surface area contributed by atoms with E-state index in [4.69, 9.17) is 11.5 Å². The number of benzene rings is 3. The lowest BCUT2D eigenvalue weighted by atomic mass is 9.92. The molecule has 7 nitrogen and oxygen atoms in total. The lowest BCUT2D eigenvalue weighted by molar-refractivity contribution is 0.100. The van der Waals surface area contributed by atoms with Gasteiger partial charge in [0.1, 0.15) is 6.33 Å². The van der Waals surface area contributed by atoms with Crippen LogP contribution in [-0.4, -0.2) is 20.4 Å². The van der Waals surface area contributed by atoms with Gasteiger partial charge in [-0.25, -0.2) is 4.98 Å². The normalized spacial score (nSPS) is 11.5. The minimum absolute atomic E-state index is 0.146. The number of hydrogen-bond donors (Lipinski definition) is 3. The smallest absolute Gasteiger partial charge is 0.265 e. The number of primary amides is 1. The predicted octanol–water partition coefficient (Wildman–Crippen LogP) is 4.51. The Balaban J connectivity index is 1.82. The summed E-state index contributed by atoms with van der Waals surface area (Å²) < 4.78 is 1.56. The lowest BCUT2D eigenvalue weighted by Crippen LogP contribution is -2.19. The minimum Gasteiger partial charge on any atom is -0.405 e. The first-order chi connectivity index (χ1) is 17.0. The highest BCUT2D eigenvalue weighted by Gasteiger charge is 2.20. The van der Waals surface area contributed by atoms with Gasteiger partial charge in [-0.1, -0.05) is 36.9 Å². The molecule has 0 radical (unpaired) electrons. The van der Waals surface area contributed by atoms with Crippen LogP contribution >= 0.6 is 0 Å². The molecule has 0 bridgehead atoms. The number of para-hydroxylation sites is 1. The van der Waals surface area contributed by atoms with Crippen LogP contribution in [0.1, 0.15) is 27.2 Å². The number of H-pyrrole nitrogens is 1. The van der Waals surface area contributed by atoms with Gasteiger partial charge in [0.2, 0.25) is 0 Å². The summed E-state index contributed by atoms with van der Waals surface area (Å²) in [7, 11) is 0. The summed E-state index contributed by atoms with van der Waals surface area (Å²) >= 11 is 0. The van der Waals surface area contributed by atoms with Crippen molar-refractivity contribution in [3.8, 4) is 16.8 Å². The molecule has 0 aliphatic heterocycles. The molecule has 5 rings (SSSR count).